The third-order valence-electron chi connectivity index (χ3n) is 6.90. The van der Waals surface area contributed by atoms with Gasteiger partial charge in [0.05, 0.1) is 16.9 Å². The number of halogens is 2. The highest BCUT2D eigenvalue weighted by Gasteiger charge is 2.30. The maximum Gasteiger partial charge on any atom is 0.341 e. The molecule has 6 rings (SSSR count). The van der Waals surface area contributed by atoms with E-state index >= 15 is 0 Å². The molecule has 2 aliphatic rings. The van der Waals surface area contributed by atoms with Gasteiger partial charge in [-0.3, -0.25) is 9.59 Å². The van der Waals surface area contributed by atoms with Gasteiger partial charge in [-0.2, -0.15) is 0 Å². The molecule has 0 bridgehead atoms. The van der Waals surface area contributed by atoms with Crippen LogP contribution in [0.4, 0.5) is 14.5 Å². The minimum Gasteiger partial charge on any atom is -0.487 e. The molecule has 11 heteroatoms. The summed E-state index contributed by atoms with van der Waals surface area (Å²) in [5.74, 6) is -2.28. The summed E-state index contributed by atoms with van der Waals surface area (Å²) in [7, 11) is 2.02. The molecular formula is C27H26F2N4O5. The Morgan fingerprint density at radius 2 is 1.79 bits per heavy atom. The average molecular weight is 525 g/mol. The zero-order valence-electron chi connectivity index (χ0n) is 20.8. The zero-order chi connectivity index (χ0) is 27.1. The largest absolute Gasteiger partial charge is 0.487 e. The molecule has 1 saturated heterocycles. The third-order valence-corrected chi connectivity index (χ3v) is 6.90. The number of carbonyl (C=O) groups is 1. The molecule has 2 aromatic carbocycles. The molecule has 0 radical (unpaired) electrons. The van der Waals surface area contributed by atoms with Crippen molar-refractivity contribution in [3.8, 4) is 5.75 Å². The van der Waals surface area contributed by atoms with Crippen LogP contribution in [0, 0.1) is 11.6 Å². The van der Waals surface area contributed by atoms with Gasteiger partial charge in [-0.1, -0.05) is 18.2 Å². The fraction of sp³-hybridized carbons (Fsp3) is 0.296. The molecule has 1 fully saturated rings. The Bertz CT molecular complexity index is 1670. The van der Waals surface area contributed by atoms with Crippen LogP contribution in [0.5, 0.6) is 5.75 Å². The first kappa shape index (κ1) is 25.4. The number of hydrogen-bond acceptors (Lipinski definition) is 6. The quantitative estimate of drug-likeness (QED) is 0.415. The number of hydrogen-bond donors (Lipinski definition) is 2. The molecule has 2 aromatic heterocycles. The third kappa shape index (κ3) is 4.49. The van der Waals surface area contributed by atoms with Crippen LogP contribution in [0.2, 0.25) is 0 Å². The standard InChI is InChI=1S/C18H20FN3O4.C9H6FNO/c1-10-9-26-17-14-11(16(23)12(18(24)25)8-22(10)14)7-13(19)15(17)21-5-3-20(2)4-6-21;10-7-5-6-3-1-2-4-8(6)11-9(7)12/h7-8,10H,3-6,9H2,1-2H3,(H,24,25);1-5H,(H,11,12)/t10-;/m0./s1. The number of pyridine rings is 2. The summed E-state index contributed by atoms with van der Waals surface area (Å²) < 4.78 is 35.3. The number of nitrogens with zero attached hydrogens (tertiary/aromatic N) is 3. The minimum atomic E-state index is -1.32. The number of nitrogens with one attached hydrogen (secondary N) is 1. The van der Waals surface area contributed by atoms with E-state index < -0.39 is 28.6 Å². The van der Waals surface area contributed by atoms with Crippen LogP contribution in [-0.2, 0) is 0 Å². The highest BCUT2D eigenvalue weighted by Crippen LogP contribution is 2.42. The van der Waals surface area contributed by atoms with E-state index in [4.69, 9.17) is 4.74 Å². The number of aromatic carboxylic acids is 1. The van der Waals surface area contributed by atoms with Crippen molar-refractivity contribution in [3.63, 3.8) is 0 Å². The van der Waals surface area contributed by atoms with Gasteiger partial charge < -0.3 is 29.2 Å². The summed E-state index contributed by atoms with van der Waals surface area (Å²) >= 11 is 0. The molecule has 38 heavy (non-hydrogen) atoms. The number of rotatable bonds is 2. The number of likely N-dealkylation sites (N-methyl/N-ethyl adjacent to an activating group) is 1. The van der Waals surface area contributed by atoms with Crippen LogP contribution in [-0.4, -0.2) is 65.4 Å². The Morgan fingerprint density at radius 1 is 1.08 bits per heavy atom. The van der Waals surface area contributed by atoms with Gasteiger partial charge in [-0.05, 0) is 32.2 Å². The van der Waals surface area contributed by atoms with Gasteiger partial charge in [0.2, 0.25) is 5.43 Å². The first-order chi connectivity index (χ1) is 18.2. The number of anilines is 1. The van der Waals surface area contributed by atoms with Crippen molar-refractivity contribution in [2.24, 2.45) is 0 Å². The number of aromatic nitrogens is 2. The first-order valence-electron chi connectivity index (χ1n) is 12.1. The molecule has 1 atom stereocenters. The lowest BCUT2D eigenvalue weighted by Gasteiger charge is -2.37. The number of ether oxygens (including phenoxy) is 1. The lowest BCUT2D eigenvalue weighted by Crippen LogP contribution is -2.45. The van der Waals surface area contributed by atoms with E-state index in [1.54, 1.807) is 28.8 Å². The number of fused-ring (bicyclic) bond motifs is 1. The maximum absolute atomic E-state index is 15.0. The summed E-state index contributed by atoms with van der Waals surface area (Å²) in [4.78, 5) is 41.3. The van der Waals surface area contributed by atoms with Crippen molar-refractivity contribution < 1.29 is 23.4 Å². The fourth-order valence-electron chi connectivity index (χ4n) is 4.81. The van der Waals surface area contributed by atoms with E-state index in [-0.39, 0.29) is 23.6 Å². The lowest BCUT2D eigenvalue weighted by atomic mass is 10.1. The number of piperazine rings is 1. The highest BCUT2D eigenvalue weighted by atomic mass is 19.1. The van der Waals surface area contributed by atoms with Crippen LogP contribution >= 0.6 is 0 Å². The molecule has 0 spiro atoms. The van der Waals surface area contributed by atoms with Crippen molar-refractivity contribution in [1.82, 2.24) is 14.5 Å². The second-order valence-electron chi connectivity index (χ2n) is 9.50. The van der Waals surface area contributed by atoms with Crippen LogP contribution in [0.15, 0.2) is 52.2 Å². The van der Waals surface area contributed by atoms with E-state index in [2.05, 4.69) is 9.88 Å². The lowest BCUT2D eigenvalue weighted by molar-refractivity contribution is 0.0694. The molecule has 198 valence electrons. The zero-order valence-corrected chi connectivity index (χ0v) is 20.8. The Morgan fingerprint density at radius 3 is 2.50 bits per heavy atom. The van der Waals surface area contributed by atoms with E-state index in [0.29, 0.717) is 40.9 Å². The molecular weight excluding hydrogens is 498 g/mol. The van der Waals surface area contributed by atoms with Crippen molar-refractivity contribution in [1.29, 1.82) is 0 Å². The minimum absolute atomic E-state index is 0.0434. The van der Waals surface area contributed by atoms with Gasteiger partial charge in [-0.15, -0.1) is 0 Å². The van der Waals surface area contributed by atoms with Gasteiger partial charge in [0.25, 0.3) is 5.56 Å². The molecule has 4 heterocycles. The van der Waals surface area contributed by atoms with Gasteiger partial charge >= 0.3 is 5.97 Å². The van der Waals surface area contributed by atoms with E-state index in [0.717, 1.165) is 19.2 Å². The number of aromatic amines is 1. The smallest absolute Gasteiger partial charge is 0.341 e. The van der Waals surface area contributed by atoms with Crippen LogP contribution in [0.3, 0.4) is 0 Å². The number of carboxylic acids is 1. The average Bonchev–Trinajstić information content (AvgIpc) is 2.89. The summed E-state index contributed by atoms with van der Waals surface area (Å²) in [6.07, 6.45) is 1.34. The Labute approximate surface area is 215 Å². The Hall–Kier alpha value is -4.25. The van der Waals surface area contributed by atoms with Crippen molar-refractivity contribution >= 4 is 33.5 Å². The van der Waals surface area contributed by atoms with E-state index in [1.165, 1.54) is 12.3 Å². The summed E-state index contributed by atoms with van der Waals surface area (Å²) in [6, 6.07) is 9.28. The summed E-state index contributed by atoms with van der Waals surface area (Å²) in [6.45, 7) is 5.08. The van der Waals surface area contributed by atoms with Gasteiger partial charge in [0.15, 0.2) is 17.4 Å². The molecule has 0 amide bonds. The Kier molecular flexibility index (Phi) is 6.62. The second-order valence-corrected chi connectivity index (χ2v) is 9.50. The SMILES string of the molecule is C[C@H]1COc2c(N3CCN(C)CC3)c(F)cc3c(=O)c(C(=O)O)cn1c23.O=c1[nH]c2ccccc2cc1F. The number of benzene rings is 2. The van der Waals surface area contributed by atoms with Crippen molar-refractivity contribution in [2.45, 2.75) is 13.0 Å². The second kappa shape index (κ2) is 9.90. The first-order valence-corrected chi connectivity index (χ1v) is 12.1. The molecule has 0 unspecified atom stereocenters. The topological polar surface area (TPSA) is 108 Å². The van der Waals surface area contributed by atoms with Gasteiger partial charge in [0, 0.05) is 43.3 Å². The van der Waals surface area contributed by atoms with E-state index in [1.807, 2.05) is 18.9 Å². The number of H-pyrrole nitrogens is 1. The highest BCUT2D eigenvalue weighted by molar-refractivity contribution is 5.97. The predicted octanol–water partition coefficient (Wildman–Crippen LogP) is 3.21. The normalized spacial score (nSPS) is 17.2. The molecule has 9 nitrogen and oxygen atoms in total. The molecule has 4 aromatic rings. The van der Waals surface area contributed by atoms with Gasteiger partial charge in [-0.25, -0.2) is 13.6 Å². The monoisotopic (exact) mass is 524 g/mol. The van der Waals surface area contributed by atoms with Gasteiger partial charge in [0.1, 0.15) is 17.9 Å². The fourth-order valence-corrected chi connectivity index (χ4v) is 4.81. The van der Waals surface area contributed by atoms with Crippen LogP contribution in [0.25, 0.3) is 21.8 Å². The summed E-state index contributed by atoms with van der Waals surface area (Å²) in [5, 5.41) is 10.1. The van der Waals surface area contributed by atoms with Crippen molar-refractivity contribution in [3.05, 3.63) is 80.4 Å². The van der Waals surface area contributed by atoms with E-state index in [9.17, 15) is 28.3 Å². The Balaban J connectivity index is 0.000000204. The van der Waals surface area contributed by atoms with Crippen LogP contribution < -0.4 is 20.6 Å². The summed E-state index contributed by atoms with van der Waals surface area (Å²) in [5.41, 5.74) is -0.240. The van der Waals surface area contributed by atoms with Crippen molar-refractivity contribution in [2.75, 3.05) is 44.7 Å². The molecule has 2 aliphatic heterocycles. The molecule has 2 N–H and O–H groups in total. The van der Waals surface area contributed by atoms with Crippen LogP contribution in [0.1, 0.15) is 23.3 Å². The number of carboxylic acid groups (broad SMARTS) is 1. The molecule has 0 saturated carbocycles. The predicted molar refractivity (Wildman–Crippen MR) is 140 cm³/mol. The number of para-hydroxylation sites is 1. The molecule has 0 aliphatic carbocycles. The maximum atomic E-state index is 15.0.